The summed E-state index contributed by atoms with van der Waals surface area (Å²) in [6.07, 6.45) is 2.02. The zero-order valence-electron chi connectivity index (χ0n) is 13.6. The molecule has 2 aliphatic rings. The second-order valence-corrected chi connectivity index (χ2v) is 6.26. The van der Waals surface area contributed by atoms with Crippen molar-refractivity contribution < 1.29 is 18.7 Å². The van der Waals surface area contributed by atoms with Gasteiger partial charge in [0.2, 0.25) is 12.7 Å². The SMILES string of the molecule is O=C1CC(c2ccc3c(c2)OCO3)c2cnn(-c3cccc(F)c3)c2N1. The predicted octanol–water partition coefficient (Wildman–Crippen LogP) is 3.21. The van der Waals surface area contributed by atoms with E-state index in [0.717, 1.165) is 11.1 Å². The van der Waals surface area contributed by atoms with Gasteiger partial charge in [-0.1, -0.05) is 12.1 Å². The number of hydrogen-bond acceptors (Lipinski definition) is 4. The third-order valence-corrected chi connectivity index (χ3v) is 4.67. The first-order valence-electron chi connectivity index (χ1n) is 8.22. The maximum Gasteiger partial charge on any atom is 0.231 e. The largest absolute Gasteiger partial charge is 0.454 e. The fraction of sp³-hybridized carbons (Fsp3) is 0.158. The summed E-state index contributed by atoms with van der Waals surface area (Å²) in [4.78, 5) is 12.3. The molecular weight excluding hydrogens is 337 g/mol. The summed E-state index contributed by atoms with van der Waals surface area (Å²) in [7, 11) is 0. The third-order valence-electron chi connectivity index (χ3n) is 4.67. The van der Waals surface area contributed by atoms with Crippen molar-refractivity contribution in [1.82, 2.24) is 9.78 Å². The lowest BCUT2D eigenvalue weighted by molar-refractivity contribution is -0.116. The number of aromatic nitrogens is 2. The van der Waals surface area contributed by atoms with Gasteiger partial charge in [0.05, 0.1) is 11.9 Å². The number of hydrogen-bond donors (Lipinski definition) is 1. The highest BCUT2D eigenvalue weighted by Gasteiger charge is 2.31. The van der Waals surface area contributed by atoms with Gasteiger partial charge < -0.3 is 14.8 Å². The standard InChI is InChI=1S/C19H14FN3O3/c20-12-2-1-3-13(7-12)23-19-15(9-21-23)14(8-18(24)22-19)11-4-5-16-17(6-11)26-10-25-16/h1-7,9,14H,8,10H2,(H,22,24). The summed E-state index contributed by atoms with van der Waals surface area (Å²) in [6, 6.07) is 11.8. The van der Waals surface area contributed by atoms with Crippen molar-refractivity contribution in [3.63, 3.8) is 0 Å². The van der Waals surface area contributed by atoms with Gasteiger partial charge in [-0.3, -0.25) is 4.79 Å². The predicted molar refractivity (Wildman–Crippen MR) is 91.2 cm³/mol. The van der Waals surface area contributed by atoms with Crippen LogP contribution in [-0.4, -0.2) is 22.5 Å². The summed E-state index contributed by atoms with van der Waals surface area (Å²) < 4.78 is 25.9. The second kappa shape index (κ2) is 5.59. The normalized spacial score (nSPS) is 17.7. The maximum absolute atomic E-state index is 13.6. The molecule has 7 heteroatoms. The summed E-state index contributed by atoms with van der Waals surface area (Å²) in [6.45, 7) is 0.201. The molecule has 1 N–H and O–H groups in total. The summed E-state index contributed by atoms with van der Waals surface area (Å²) >= 11 is 0. The molecular formula is C19H14FN3O3. The maximum atomic E-state index is 13.6. The summed E-state index contributed by atoms with van der Waals surface area (Å²) in [5.41, 5.74) is 2.38. The number of anilines is 1. The van der Waals surface area contributed by atoms with E-state index in [0.29, 0.717) is 29.4 Å². The van der Waals surface area contributed by atoms with Gasteiger partial charge in [0.15, 0.2) is 11.5 Å². The monoisotopic (exact) mass is 351 g/mol. The van der Waals surface area contributed by atoms with Crippen LogP contribution in [0.15, 0.2) is 48.7 Å². The van der Waals surface area contributed by atoms with Crippen molar-refractivity contribution in [2.75, 3.05) is 12.1 Å². The minimum absolute atomic E-state index is 0.113. The smallest absolute Gasteiger partial charge is 0.231 e. The number of rotatable bonds is 2. The quantitative estimate of drug-likeness (QED) is 0.770. The summed E-state index contributed by atoms with van der Waals surface area (Å²) in [5.74, 6) is 1.31. The van der Waals surface area contributed by atoms with Gasteiger partial charge >= 0.3 is 0 Å². The van der Waals surface area contributed by atoms with Gasteiger partial charge in [-0.2, -0.15) is 5.10 Å². The zero-order valence-corrected chi connectivity index (χ0v) is 13.6. The van der Waals surface area contributed by atoms with Crippen LogP contribution in [0.4, 0.5) is 10.2 Å². The van der Waals surface area contributed by atoms with Gasteiger partial charge in [0.1, 0.15) is 11.6 Å². The van der Waals surface area contributed by atoms with Crippen molar-refractivity contribution in [2.45, 2.75) is 12.3 Å². The Morgan fingerprint density at radius 3 is 2.92 bits per heavy atom. The number of nitrogens with one attached hydrogen (secondary N) is 1. The third kappa shape index (κ3) is 2.32. The molecule has 3 heterocycles. The molecule has 0 spiro atoms. The minimum atomic E-state index is -0.360. The lowest BCUT2D eigenvalue weighted by atomic mass is 9.87. The molecule has 0 saturated carbocycles. The van der Waals surface area contributed by atoms with Gasteiger partial charge in [-0.05, 0) is 35.9 Å². The average molecular weight is 351 g/mol. The molecule has 6 nitrogen and oxygen atoms in total. The molecule has 2 aliphatic heterocycles. The van der Waals surface area contributed by atoms with Crippen molar-refractivity contribution in [2.24, 2.45) is 0 Å². The number of benzene rings is 2. The number of carbonyl (C=O) groups is 1. The van der Waals surface area contributed by atoms with Crippen molar-refractivity contribution >= 4 is 11.7 Å². The Labute approximate surface area is 148 Å². The van der Waals surface area contributed by atoms with E-state index in [1.54, 1.807) is 23.0 Å². The van der Waals surface area contributed by atoms with Crippen molar-refractivity contribution in [3.8, 4) is 17.2 Å². The van der Waals surface area contributed by atoms with Crippen LogP contribution in [0.3, 0.4) is 0 Å². The molecule has 0 bridgehead atoms. The molecule has 0 saturated heterocycles. The highest BCUT2D eigenvalue weighted by Crippen LogP contribution is 2.41. The van der Waals surface area contributed by atoms with E-state index < -0.39 is 0 Å². The van der Waals surface area contributed by atoms with E-state index in [1.807, 2.05) is 18.2 Å². The van der Waals surface area contributed by atoms with Crippen LogP contribution in [0.2, 0.25) is 0 Å². The average Bonchev–Trinajstić information content (AvgIpc) is 3.27. The van der Waals surface area contributed by atoms with Crippen molar-refractivity contribution in [3.05, 3.63) is 65.6 Å². The molecule has 1 unspecified atom stereocenters. The van der Waals surface area contributed by atoms with E-state index in [-0.39, 0.29) is 24.4 Å². The van der Waals surface area contributed by atoms with Crippen LogP contribution in [0, 0.1) is 5.82 Å². The Hall–Kier alpha value is -3.35. The Morgan fingerprint density at radius 1 is 1.15 bits per heavy atom. The second-order valence-electron chi connectivity index (χ2n) is 6.26. The molecule has 0 radical (unpaired) electrons. The van der Waals surface area contributed by atoms with E-state index >= 15 is 0 Å². The molecule has 0 aliphatic carbocycles. The Morgan fingerprint density at radius 2 is 2.04 bits per heavy atom. The Balaban J connectivity index is 1.60. The topological polar surface area (TPSA) is 65.4 Å². The number of halogens is 1. The van der Waals surface area contributed by atoms with E-state index in [1.165, 1.54) is 12.1 Å². The lowest BCUT2D eigenvalue weighted by Gasteiger charge is -2.24. The van der Waals surface area contributed by atoms with Crippen LogP contribution >= 0.6 is 0 Å². The highest BCUT2D eigenvalue weighted by atomic mass is 19.1. The van der Waals surface area contributed by atoms with Crippen molar-refractivity contribution in [1.29, 1.82) is 0 Å². The molecule has 3 aromatic rings. The molecule has 2 aromatic carbocycles. The molecule has 1 amide bonds. The first-order chi connectivity index (χ1) is 12.7. The van der Waals surface area contributed by atoms with Gasteiger partial charge in [0, 0.05) is 17.9 Å². The lowest BCUT2D eigenvalue weighted by Crippen LogP contribution is -2.24. The minimum Gasteiger partial charge on any atom is -0.454 e. The van der Waals surface area contributed by atoms with E-state index in [4.69, 9.17) is 9.47 Å². The number of ether oxygens (including phenoxy) is 2. The molecule has 130 valence electrons. The molecule has 1 aromatic heterocycles. The summed E-state index contributed by atoms with van der Waals surface area (Å²) in [5, 5.41) is 7.23. The van der Waals surface area contributed by atoms with Crippen LogP contribution in [0.1, 0.15) is 23.5 Å². The van der Waals surface area contributed by atoms with Gasteiger partial charge in [-0.15, -0.1) is 0 Å². The molecule has 1 atom stereocenters. The Bertz CT molecular complexity index is 1030. The number of amides is 1. The van der Waals surface area contributed by atoms with Crippen LogP contribution in [0.5, 0.6) is 11.5 Å². The van der Waals surface area contributed by atoms with Crippen LogP contribution in [-0.2, 0) is 4.79 Å². The fourth-order valence-electron chi connectivity index (χ4n) is 3.45. The molecule has 0 fully saturated rings. The number of fused-ring (bicyclic) bond motifs is 2. The number of nitrogens with zero attached hydrogens (tertiary/aromatic N) is 2. The first-order valence-corrected chi connectivity index (χ1v) is 8.22. The molecule has 26 heavy (non-hydrogen) atoms. The Kier molecular flexibility index (Phi) is 3.21. The fourth-order valence-corrected chi connectivity index (χ4v) is 3.45. The highest BCUT2D eigenvalue weighted by molar-refractivity contribution is 5.94. The van der Waals surface area contributed by atoms with Crippen LogP contribution in [0.25, 0.3) is 5.69 Å². The van der Waals surface area contributed by atoms with Crippen LogP contribution < -0.4 is 14.8 Å². The molecule has 5 rings (SSSR count). The number of carbonyl (C=O) groups excluding carboxylic acids is 1. The van der Waals surface area contributed by atoms with E-state index in [2.05, 4.69) is 10.4 Å². The first kappa shape index (κ1) is 14.9. The van der Waals surface area contributed by atoms with Gasteiger partial charge in [0.25, 0.3) is 0 Å². The zero-order chi connectivity index (χ0) is 17.7. The van der Waals surface area contributed by atoms with Gasteiger partial charge in [-0.25, -0.2) is 9.07 Å². The van der Waals surface area contributed by atoms with E-state index in [9.17, 15) is 9.18 Å².